The van der Waals surface area contributed by atoms with Crippen molar-refractivity contribution in [3.8, 4) is 23.0 Å². The van der Waals surface area contributed by atoms with E-state index in [9.17, 15) is 27.6 Å². The Morgan fingerprint density at radius 1 is 0.943 bits per heavy atom. The number of nitrogens with zero attached hydrogens (tertiary/aromatic N) is 4. The number of amides is 4. The van der Waals surface area contributed by atoms with Crippen LogP contribution in [0.2, 0.25) is 0 Å². The van der Waals surface area contributed by atoms with Crippen LogP contribution < -0.4 is 29.7 Å². The lowest BCUT2D eigenvalue weighted by molar-refractivity contribution is -0.138. The van der Waals surface area contributed by atoms with Crippen LogP contribution in [0.5, 0.6) is 23.0 Å². The molecule has 4 aliphatic rings. The molecule has 0 saturated carbocycles. The second-order valence-corrected chi connectivity index (χ2v) is 20.5. The molecule has 4 amide bonds. The number of likely N-dealkylation sites (tertiary alicyclic amines) is 1. The summed E-state index contributed by atoms with van der Waals surface area (Å²) in [6.45, 7) is 4.96. The van der Waals surface area contributed by atoms with Crippen molar-refractivity contribution in [1.82, 2.24) is 20.0 Å². The number of carbonyl (C=O) groups is 4. The Kier molecular flexibility index (Phi) is 14.0. The molecule has 3 N–H and O–H groups in total. The fourth-order valence-electron chi connectivity index (χ4n) is 9.90. The first kappa shape index (κ1) is 49.9. The van der Waals surface area contributed by atoms with Crippen LogP contribution in [0.4, 0.5) is 24.5 Å². The number of methoxy groups -OCH3 is 1. The lowest BCUT2D eigenvalue weighted by Crippen LogP contribution is -2.61. The van der Waals surface area contributed by atoms with Gasteiger partial charge in [-0.1, -0.05) is 24.3 Å². The topological polar surface area (TPSA) is 191 Å². The highest BCUT2D eigenvalue weighted by Crippen LogP contribution is 2.42. The Hall–Kier alpha value is -6.51. The zero-order chi connectivity index (χ0) is 50.3. The molecular formula is C50H56F3N7O9S. The molecule has 372 valence electrons. The van der Waals surface area contributed by atoms with E-state index >= 15 is 13.2 Å². The van der Waals surface area contributed by atoms with E-state index in [1.54, 1.807) is 85.3 Å². The summed E-state index contributed by atoms with van der Waals surface area (Å²) in [5.41, 5.74) is 0.885. The van der Waals surface area contributed by atoms with Gasteiger partial charge in [0.05, 0.1) is 66.0 Å². The molecule has 4 aromatic rings. The molecule has 70 heavy (non-hydrogen) atoms. The third-order valence-corrected chi connectivity index (χ3v) is 14.6. The highest BCUT2D eigenvalue weighted by atomic mass is 32.2. The van der Waals surface area contributed by atoms with Crippen molar-refractivity contribution in [2.75, 3.05) is 82.3 Å². The second-order valence-electron chi connectivity index (χ2n) is 18.3. The number of halogens is 3. The summed E-state index contributed by atoms with van der Waals surface area (Å²) in [7, 11) is -0.659. The Morgan fingerprint density at radius 3 is 2.31 bits per heavy atom. The molecule has 16 nitrogen and oxygen atoms in total. The highest BCUT2D eigenvalue weighted by molar-refractivity contribution is 7.90. The van der Waals surface area contributed by atoms with Gasteiger partial charge in [-0.25, -0.2) is 21.6 Å². The number of hydrogen-bond acceptors (Lipinski definition) is 14. The molecule has 20 heteroatoms. The normalized spacial score (nSPS) is 21.3. The van der Waals surface area contributed by atoms with Gasteiger partial charge in [-0.2, -0.15) is 0 Å². The summed E-state index contributed by atoms with van der Waals surface area (Å²) in [6.07, 6.45) is 1.41. The van der Waals surface area contributed by atoms with Gasteiger partial charge in [0, 0.05) is 76.3 Å². The van der Waals surface area contributed by atoms with Gasteiger partial charge in [0.25, 0.3) is 17.7 Å². The monoisotopic (exact) mass is 987 g/mol. The van der Waals surface area contributed by atoms with Gasteiger partial charge in [-0.05, 0) is 80.3 Å². The number of ether oxygens (including phenoxy) is 3. The van der Waals surface area contributed by atoms with Crippen molar-refractivity contribution >= 4 is 50.6 Å². The Bertz CT molecular complexity index is 2840. The lowest BCUT2D eigenvalue weighted by atomic mass is 9.74. The summed E-state index contributed by atoms with van der Waals surface area (Å²) >= 11 is 0. The smallest absolute Gasteiger partial charge is 0.275 e. The van der Waals surface area contributed by atoms with Crippen LogP contribution in [0, 0.1) is 16.6 Å². The number of nitrogens with one attached hydrogen (secondary N) is 3. The maximum absolute atomic E-state index is 16.1. The summed E-state index contributed by atoms with van der Waals surface area (Å²) in [5.74, 6) is -5.78. The van der Waals surface area contributed by atoms with Gasteiger partial charge in [-0.3, -0.25) is 39.2 Å². The van der Waals surface area contributed by atoms with E-state index in [4.69, 9.17) is 19.6 Å². The molecular weight excluding hydrogens is 932 g/mol. The minimum atomic E-state index is -3.72. The van der Waals surface area contributed by atoms with Crippen molar-refractivity contribution < 1.29 is 55.0 Å². The standard InChI is InChI=1S/C50H56F3N7O9S/c1-6-68-41-24-31(12-15-39(41)67-4)38(28-70(5,65)66)60-46(62)33-8-7-9-37(44(33)47(60)63)58-20-22-59(23-21-58)42-17-19-57(29-50(42,52)53)27-30-10-13-32(14-11-30)69-40-26-36(55-3)34(25-35(40)51)45(54)49(2)18-16-43(61)56-48(49)64/h7-15,24-26,38,42,54-55H,6,16-23,27-29H2,1-5H3,(H,56,61,64). The van der Waals surface area contributed by atoms with Crippen LogP contribution in [0.15, 0.2) is 72.8 Å². The summed E-state index contributed by atoms with van der Waals surface area (Å²) in [6, 6.07) is 16.7. The number of piperidine rings is 2. The summed E-state index contributed by atoms with van der Waals surface area (Å²) in [5, 5.41) is 14.0. The molecule has 3 fully saturated rings. The van der Waals surface area contributed by atoms with Crippen molar-refractivity contribution in [2.45, 2.75) is 57.7 Å². The van der Waals surface area contributed by atoms with E-state index in [0.717, 1.165) is 22.8 Å². The van der Waals surface area contributed by atoms with E-state index < -0.39 is 75.0 Å². The van der Waals surface area contributed by atoms with Gasteiger partial charge in [-0.15, -0.1) is 0 Å². The molecule has 4 aliphatic heterocycles. The minimum absolute atomic E-state index is 0.0554. The molecule has 3 atom stereocenters. The lowest BCUT2D eigenvalue weighted by Gasteiger charge is -2.46. The van der Waals surface area contributed by atoms with Crippen LogP contribution >= 0.6 is 0 Å². The first-order chi connectivity index (χ1) is 33.2. The quantitative estimate of drug-likeness (QED) is 0.0840. The molecule has 4 heterocycles. The molecule has 4 aromatic carbocycles. The average Bonchev–Trinajstić information content (AvgIpc) is 3.58. The van der Waals surface area contributed by atoms with Gasteiger partial charge in [0.2, 0.25) is 11.8 Å². The van der Waals surface area contributed by atoms with Crippen LogP contribution in [0.25, 0.3) is 0 Å². The van der Waals surface area contributed by atoms with Crippen LogP contribution in [0.3, 0.4) is 0 Å². The third-order valence-electron chi connectivity index (χ3n) is 13.6. The first-order valence-electron chi connectivity index (χ1n) is 23.1. The van der Waals surface area contributed by atoms with E-state index in [1.807, 2.05) is 4.90 Å². The van der Waals surface area contributed by atoms with Crippen molar-refractivity contribution in [3.63, 3.8) is 0 Å². The van der Waals surface area contributed by atoms with Crippen LogP contribution in [-0.2, 0) is 26.0 Å². The number of hydrogen-bond donors (Lipinski definition) is 3. The number of alkyl halides is 2. The van der Waals surface area contributed by atoms with E-state index in [2.05, 4.69) is 10.6 Å². The highest BCUT2D eigenvalue weighted by Gasteiger charge is 2.49. The number of carbonyl (C=O) groups excluding carboxylic acids is 4. The Morgan fingerprint density at radius 2 is 1.67 bits per heavy atom. The molecule has 8 rings (SSSR count). The van der Waals surface area contributed by atoms with E-state index in [-0.39, 0.29) is 67.0 Å². The number of piperazine rings is 1. The molecule has 3 unspecified atom stereocenters. The molecule has 0 spiro atoms. The number of anilines is 2. The Labute approximate surface area is 404 Å². The van der Waals surface area contributed by atoms with E-state index in [1.165, 1.54) is 19.2 Å². The van der Waals surface area contributed by atoms with Gasteiger partial charge in [0.1, 0.15) is 15.6 Å². The van der Waals surface area contributed by atoms with Crippen molar-refractivity contribution in [3.05, 3.63) is 106 Å². The first-order valence-corrected chi connectivity index (χ1v) is 25.1. The predicted octanol–water partition coefficient (Wildman–Crippen LogP) is 6.29. The molecule has 3 saturated heterocycles. The fraction of sp³-hybridized carbons (Fsp3) is 0.420. The van der Waals surface area contributed by atoms with Crippen molar-refractivity contribution in [1.29, 1.82) is 5.41 Å². The average molecular weight is 988 g/mol. The summed E-state index contributed by atoms with van der Waals surface area (Å²) < 4.78 is 90.2. The minimum Gasteiger partial charge on any atom is -0.493 e. The van der Waals surface area contributed by atoms with Crippen LogP contribution in [-0.4, -0.2) is 136 Å². The third kappa shape index (κ3) is 9.93. The summed E-state index contributed by atoms with van der Waals surface area (Å²) in [4.78, 5) is 59.2. The Balaban J connectivity index is 0.886. The number of sulfone groups is 1. The maximum atomic E-state index is 16.1. The van der Waals surface area contributed by atoms with Crippen LogP contribution in [0.1, 0.15) is 76.6 Å². The predicted molar refractivity (Wildman–Crippen MR) is 256 cm³/mol. The van der Waals surface area contributed by atoms with Crippen molar-refractivity contribution in [2.24, 2.45) is 5.41 Å². The van der Waals surface area contributed by atoms with Gasteiger partial charge < -0.3 is 29.8 Å². The second kappa shape index (κ2) is 19.7. The number of benzene rings is 4. The molecule has 0 radical (unpaired) electrons. The number of imide groups is 2. The van der Waals surface area contributed by atoms with Gasteiger partial charge in [0.15, 0.2) is 23.1 Å². The largest absolute Gasteiger partial charge is 0.493 e. The number of rotatable bonds is 16. The van der Waals surface area contributed by atoms with Gasteiger partial charge >= 0.3 is 0 Å². The SMILES string of the molecule is CCOc1cc(C(CS(C)(=O)=O)N2C(=O)c3cccc(N4CCN(C5CCN(Cc6ccc(Oc7cc(NC)c(C(=N)C8(C)CCC(=O)NC8=O)cc7F)cc6)CC5(F)F)CC4)c3C2=O)ccc1OC. The zero-order valence-electron chi connectivity index (χ0n) is 39.6. The molecule has 0 aromatic heterocycles. The fourth-order valence-corrected chi connectivity index (χ4v) is 10.8. The molecule has 0 aliphatic carbocycles. The van der Waals surface area contributed by atoms with E-state index in [0.29, 0.717) is 60.4 Å². The molecule has 0 bridgehead atoms. The maximum Gasteiger partial charge on any atom is 0.275 e. The zero-order valence-corrected chi connectivity index (χ0v) is 40.4. The number of fused-ring (bicyclic) bond motifs is 1.